The summed E-state index contributed by atoms with van der Waals surface area (Å²) in [7, 11) is 1.65. The minimum absolute atomic E-state index is 0.0483. The molecule has 1 fully saturated rings. The second-order valence-electron chi connectivity index (χ2n) is 8.82. The molecule has 1 aromatic heterocycles. The normalized spacial score (nSPS) is 16.1. The van der Waals surface area contributed by atoms with E-state index in [1.165, 1.54) is 12.1 Å². The predicted molar refractivity (Wildman–Crippen MR) is 132 cm³/mol. The molecule has 7 nitrogen and oxygen atoms in total. The number of rotatable bonds is 7. The van der Waals surface area contributed by atoms with E-state index < -0.39 is 23.2 Å². The van der Waals surface area contributed by atoms with E-state index in [1.54, 1.807) is 32.1 Å². The van der Waals surface area contributed by atoms with E-state index >= 15 is 0 Å². The van der Waals surface area contributed by atoms with Gasteiger partial charge in [-0.15, -0.1) is 0 Å². The largest absolute Gasteiger partial charge is 0.416 e. The van der Waals surface area contributed by atoms with Crippen molar-refractivity contribution in [1.29, 1.82) is 0 Å². The zero-order valence-electron chi connectivity index (χ0n) is 19.6. The molecule has 4 rings (SSSR count). The molecule has 2 aromatic carbocycles. The standard InChI is InChI=1S/C24H26F3N5O2S/c1-23(2)21(33)31(17-6-5-15(13-28)19(12-17)24(25,26)27)22(35)32(23)18-7-8-20-16(11-18)14-29-30(20)9-4-10-34-3/h5-8,11-12,14H,4,9-10,13,28H2,1-3H3. The van der Waals surface area contributed by atoms with Crippen molar-refractivity contribution >= 4 is 45.5 Å². The molecule has 3 aromatic rings. The summed E-state index contributed by atoms with van der Waals surface area (Å²) < 4.78 is 47.8. The summed E-state index contributed by atoms with van der Waals surface area (Å²) in [6.07, 6.45) is -2.07. The number of benzene rings is 2. The molecular formula is C24H26F3N5O2S. The van der Waals surface area contributed by atoms with Crippen molar-refractivity contribution in [3.05, 3.63) is 53.7 Å². The topological polar surface area (TPSA) is 76.6 Å². The van der Waals surface area contributed by atoms with Crippen LogP contribution in [0.5, 0.6) is 0 Å². The average Bonchev–Trinajstić information content (AvgIpc) is 3.28. The minimum Gasteiger partial charge on any atom is -0.385 e. The van der Waals surface area contributed by atoms with Crippen molar-refractivity contribution in [1.82, 2.24) is 9.78 Å². The number of nitrogens with two attached hydrogens (primary N) is 1. The third kappa shape index (κ3) is 4.39. The maximum absolute atomic E-state index is 13.6. The van der Waals surface area contributed by atoms with E-state index in [1.807, 2.05) is 22.9 Å². The van der Waals surface area contributed by atoms with Crippen LogP contribution in [0, 0.1) is 0 Å². The smallest absolute Gasteiger partial charge is 0.385 e. The van der Waals surface area contributed by atoms with Crippen LogP contribution in [0.4, 0.5) is 24.5 Å². The molecule has 1 aliphatic heterocycles. The highest BCUT2D eigenvalue weighted by Crippen LogP contribution is 2.40. The van der Waals surface area contributed by atoms with Crippen LogP contribution in [0.3, 0.4) is 0 Å². The first kappa shape index (κ1) is 25.1. The Hall–Kier alpha value is -3.02. The van der Waals surface area contributed by atoms with Gasteiger partial charge in [0.1, 0.15) is 5.54 Å². The van der Waals surface area contributed by atoms with Gasteiger partial charge in [0.15, 0.2) is 5.11 Å². The fraction of sp³-hybridized carbons (Fsp3) is 0.375. The Labute approximate surface area is 206 Å². The van der Waals surface area contributed by atoms with Gasteiger partial charge in [0, 0.05) is 37.9 Å². The van der Waals surface area contributed by atoms with Crippen molar-refractivity contribution in [2.24, 2.45) is 5.73 Å². The SMILES string of the molecule is COCCCn1ncc2cc(N3C(=S)N(c4ccc(CN)c(C(F)(F)F)c4)C(=O)C3(C)C)ccc21. The molecule has 0 unspecified atom stereocenters. The molecule has 0 spiro atoms. The lowest BCUT2D eigenvalue weighted by atomic mass is 10.0. The maximum Gasteiger partial charge on any atom is 0.416 e. The Balaban J connectivity index is 1.71. The molecular weight excluding hydrogens is 479 g/mol. The number of anilines is 2. The minimum atomic E-state index is -4.61. The third-order valence-corrected chi connectivity index (χ3v) is 6.51. The van der Waals surface area contributed by atoms with Gasteiger partial charge in [0.25, 0.3) is 5.91 Å². The van der Waals surface area contributed by atoms with Crippen LogP contribution in [-0.4, -0.2) is 40.1 Å². The van der Waals surface area contributed by atoms with Crippen LogP contribution in [-0.2, 0) is 28.8 Å². The van der Waals surface area contributed by atoms with Gasteiger partial charge in [-0.1, -0.05) is 6.07 Å². The molecule has 2 heterocycles. The summed E-state index contributed by atoms with van der Waals surface area (Å²) in [5, 5.41) is 5.39. The first-order chi connectivity index (χ1) is 16.5. The van der Waals surface area contributed by atoms with E-state index in [2.05, 4.69) is 5.10 Å². The summed E-state index contributed by atoms with van der Waals surface area (Å²) in [4.78, 5) is 16.2. The van der Waals surface area contributed by atoms with Gasteiger partial charge >= 0.3 is 6.18 Å². The van der Waals surface area contributed by atoms with Gasteiger partial charge in [-0.3, -0.25) is 14.4 Å². The fourth-order valence-electron chi connectivity index (χ4n) is 4.35. The molecule has 35 heavy (non-hydrogen) atoms. The number of methoxy groups -OCH3 is 1. The number of carbonyl (C=O) groups is 1. The zero-order valence-corrected chi connectivity index (χ0v) is 20.4. The van der Waals surface area contributed by atoms with E-state index in [9.17, 15) is 18.0 Å². The summed E-state index contributed by atoms with van der Waals surface area (Å²) in [6.45, 7) is 4.43. The number of nitrogens with zero attached hydrogens (tertiary/aromatic N) is 4. The van der Waals surface area contributed by atoms with Gasteiger partial charge in [0.2, 0.25) is 0 Å². The molecule has 1 amide bonds. The van der Waals surface area contributed by atoms with Gasteiger partial charge in [-0.25, -0.2) is 0 Å². The summed E-state index contributed by atoms with van der Waals surface area (Å²) >= 11 is 5.64. The zero-order chi connectivity index (χ0) is 25.5. The number of alkyl halides is 3. The van der Waals surface area contributed by atoms with Crippen molar-refractivity contribution in [3.63, 3.8) is 0 Å². The van der Waals surface area contributed by atoms with Crippen LogP contribution in [0.15, 0.2) is 42.6 Å². The molecule has 0 atom stereocenters. The lowest BCUT2D eigenvalue weighted by Gasteiger charge is -2.29. The third-order valence-electron chi connectivity index (χ3n) is 6.15. The lowest BCUT2D eigenvalue weighted by Crippen LogP contribution is -2.44. The number of ether oxygens (including phenoxy) is 1. The Morgan fingerprint density at radius 2 is 1.86 bits per heavy atom. The molecule has 0 saturated carbocycles. The first-order valence-corrected chi connectivity index (χ1v) is 11.4. The van der Waals surface area contributed by atoms with Crippen LogP contribution < -0.4 is 15.5 Å². The first-order valence-electron chi connectivity index (χ1n) is 11.0. The summed E-state index contributed by atoms with van der Waals surface area (Å²) in [6, 6.07) is 9.26. The highest BCUT2D eigenvalue weighted by atomic mass is 32.1. The number of carbonyl (C=O) groups excluding carboxylic acids is 1. The monoisotopic (exact) mass is 505 g/mol. The number of thiocarbonyl (C=S) groups is 1. The number of amides is 1. The van der Waals surface area contributed by atoms with Crippen LogP contribution in [0.25, 0.3) is 10.9 Å². The summed E-state index contributed by atoms with van der Waals surface area (Å²) in [5.74, 6) is -0.425. The van der Waals surface area contributed by atoms with Crippen molar-refractivity contribution in [2.45, 2.75) is 45.1 Å². The van der Waals surface area contributed by atoms with Gasteiger partial charge in [-0.2, -0.15) is 18.3 Å². The Morgan fingerprint density at radius 3 is 2.51 bits per heavy atom. The van der Waals surface area contributed by atoms with Gasteiger partial charge < -0.3 is 15.4 Å². The predicted octanol–water partition coefficient (Wildman–Crippen LogP) is 4.47. The van der Waals surface area contributed by atoms with Crippen LogP contribution >= 0.6 is 12.2 Å². The van der Waals surface area contributed by atoms with Crippen LogP contribution in [0.1, 0.15) is 31.4 Å². The van der Waals surface area contributed by atoms with Gasteiger partial charge in [0.05, 0.1) is 23.0 Å². The quantitative estimate of drug-likeness (QED) is 0.377. The van der Waals surface area contributed by atoms with E-state index in [-0.39, 0.29) is 22.9 Å². The second-order valence-corrected chi connectivity index (χ2v) is 9.18. The molecule has 1 aliphatic rings. The number of aromatic nitrogens is 2. The molecule has 0 radical (unpaired) electrons. The number of fused-ring (bicyclic) bond motifs is 1. The Morgan fingerprint density at radius 1 is 1.14 bits per heavy atom. The molecule has 0 aliphatic carbocycles. The Bertz CT molecular complexity index is 1290. The molecule has 11 heteroatoms. The van der Waals surface area contributed by atoms with E-state index in [0.29, 0.717) is 18.8 Å². The highest BCUT2D eigenvalue weighted by Gasteiger charge is 2.50. The second kappa shape index (κ2) is 9.21. The average molecular weight is 506 g/mol. The van der Waals surface area contributed by atoms with Crippen molar-refractivity contribution in [2.75, 3.05) is 23.5 Å². The molecule has 1 saturated heterocycles. The molecule has 186 valence electrons. The van der Waals surface area contributed by atoms with Crippen LogP contribution in [0.2, 0.25) is 0 Å². The number of aryl methyl sites for hydroxylation is 1. The lowest BCUT2D eigenvalue weighted by molar-refractivity contribution is -0.138. The molecule has 2 N–H and O–H groups in total. The maximum atomic E-state index is 13.6. The van der Waals surface area contributed by atoms with E-state index in [4.69, 9.17) is 22.7 Å². The van der Waals surface area contributed by atoms with Crippen molar-refractivity contribution in [3.8, 4) is 0 Å². The number of halogens is 3. The van der Waals surface area contributed by atoms with Crippen molar-refractivity contribution < 1.29 is 22.7 Å². The Kier molecular flexibility index (Phi) is 6.60. The summed E-state index contributed by atoms with van der Waals surface area (Å²) in [5.41, 5.74) is 5.06. The number of hydrogen-bond donors (Lipinski definition) is 1. The fourth-order valence-corrected chi connectivity index (χ4v) is 4.87. The van der Waals surface area contributed by atoms with E-state index in [0.717, 1.165) is 28.3 Å². The molecule has 0 bridgehead atoms. The van der Waals surface area contributed by atoms with Gasteiger partial charge in [-0.05, 0) is 68.4 Å². The number of hydrogen-bond acceptors (Lipinski definition) is 5. The highest BCUT2D eigenvalue weighted by molar-refractivity contribution is 7.81.